The van der Waals surface area contributed by atoms with Crippen LogP contribution in [0.3, 0.4) is 0 Å². The van der Waals surface area contributed by atoms with Crippen molar-refractivity contribution >= 4 is 11.6 Å². The molecule has 160 valence electrons. The van der Waals surface area contributed by atoms with E-state index < -0.39 is 0 Å². The molecule has 0 bridgehead atoms. The molecule has 30 heavy (non-hydrogen) atoms. The zero-order chi connectivity index (χ0) is 20.6. The van der Waals surface area contributed by atoms with Gasteiger partial charge in [0, 0.05) is 50.8 Å². The second-order valence-electron chi connectivity index (χ2n) is 8.12. The van der Waals surface area contributed by atoms with E-state index in [0.29, 0.717) is 5.56 Å². The van der Waals surface area contributed by atoms with Crippen LogP contribution in [0, 0.1) is 0 Å². The van der Waals surface area contributed by atoms with Crippen molar-refractivity contribution in [2.24, 2.45) is 0 Å². The number of carbonyl (C=O) groups excluding carboxylic acids is 1. The molecular weight excluding hydrogens is 376 g/mol. The number of ether oxygens (including phenoxy) is 1. The van der Waals surface area contributed by atoms with Gasteiger partial charge in [0.05, 0.1) is 12.2 Å². The summed E-state index contributed by atoms with van der Waals surface area (Å²) in [6.45, 7) is 7.52. The molecule has 0 spiro atoms. The lowest BCUT2D eigenvalue weighted by Crippen LogP contribution is -2.48. The molecule has 0 aliphatic carbocycles. The summed E-state index contributed by atoms with van der Waals surface area (Å²) in [7, 11) is 0. The molecule has 2 saturated heterocycles. The van der Waals surface area contributed by atoms with Crippen LogP contribution in [0.1, 0.15) is 36.0 Å². The van der Waals surface area contributed by atoms with Crippen LogP contribution in [0.2, 0.25) is 0 Å². The molecule has 6 nitrogen and oxygen atoms in total. The van der Waals surface area contributed by atoms with E-state index in [-0.39, 0.29) is 5.91 Å². The van der Waals surface area contributed by atoms with Crippen LogP contribution in [0.5, 0.6) is 5.75 Å². The molecule has 0 N–H and O–H groups in total. The lowest BCUT2D eigenvalue weighted by molar-refractivity contribution is 0.0746. The number of piperidine rings is 1. The molecule has 3 heterocycles. The number of carbonyl (C=O) groups is 1. The lowest BCUT2D eigenvalue weighted by atomic mass is 10.1. The van der Waals surface area contributed by atoms with Crippen LogP contribution in [0.4, 0.5) is 5.69 Å². The van der Waals surface area contributed by atoms with Crippen LogP contribution in [-0.2, 0) is 0 Å². The molecular formula is C24H32N4O2. The van der Waals surface area contributed by atoms with Gasteiger partial charge in [0.2, 0.25) is 0 Å². The zero-order valence-electron chi connectivity index (χ0n) is 17.7. The largest absolute Gasteiger partial charge is 0.494 e. The fourth-order valence-corrected chi connectivity index (χ4v) is 4.25. The number of rotatable bonds is 7. The molecule has 2 aromatic rings. The van der Waals surface area contributed by atoms with Crippen LogP contribution in [0.25, 0.3) is 0 Å². The third kappa shape index (κ3) is 5.51. The van der Waals surface area contributed by atoms with Crippen molar-refractivity contribution in [2.75, 3.05) is 57.3 Å². The smallest absolute Gasteiger partial charge is 0.255 e. The van der Waals surface area contributed by atoms with Gasteiger partial charge in [-0.05, 0) is 68.8 Å². The van der Waals surface area contributed by atoms with Gasteiger partial charge in [-0.2, -0.15) is 0 Å². The fourth-order valence-electron chi connectivity index (χ4n) is 4.25. The molecule has 2 aliphatic heterocycles. The Morgan fingerprint density at radius 2 is 1.70 bits per heavy atom. The van der Waals surface area contributed by atoms with E-state index in [4.69, 9.17) is 4.74 Å². The van der Waals surface area contributed by atoms with E-state index >= 15 is 0 Å². The van der Waals surface area contributed by atoms with Crippen molar-refractivity contribution < 1.29 is 9.53 Å². The number of nitrogens with zero attached hydrogens (tertiary/aromatic N) is 4. The van der Waals surface area contributed by atoms with Crippen molar-refractivity contribution in [1.29, 1.82) is 0 Å². The first-order valence-electron chi connectivity index (χ1n) is 11.2. The molecule has 0 saturated carbocycles. The van der Waals surface area contributed by atoms with E-state index in [1.165, 1.54) is 38.0 Å². The van der Waals surface area contributed by atoms with Crippen LogP contribution < -0.4 is 9.64 Å². The van der Waals surface area contributed by atoms with Gasteiger partial charge < -0.3 is 19.4 Å². The highest BCUT2D eigenvalue weighted by Crippen LogP contribution is 2.21. The van der Waals surface area contributed by atoms with Crippen molar-refractivity contribution in [2.45, 2.75) is 25.7 Å². The summed E-state index contributed by atoms with van der Waals surface area (Å²) in [6, 6.07) is 12.0. The van der Waals surface area contributed by atoms with E-state index in [1.807, 2.05) is 11.0 Å². The number of aromatic nitrogens is 1. The minimum atomic E-state index is 0.0658. The zero-order valence-corrected chi connectivity index (χ0v) is 17.7. The van der Waals surface area contributed by atoms with Gasteiger partial charge in [0.25, 0.3) is 5.91 Å². The molecule has 0 atom stereocenters. The van der Waals surface area contributed by atoms with Crippen molar-refractivity contribution in [1.82, 2.24) is 14.8 Å². The van der Waals surface area contributed by atoms with Crippen LogP contribution in [0.15, 0.2) is 48.8 Å². The summed E-state index contributed by atoms with van der Waals surface area (Å²) in [5, 5.41) is 0. The summed E-state index contributed by atoms with van der Waals surface area (Å²) in [5.74, 6) is 0.999. The monoisotopic (exact) mass is 408 g/mol. The van der Waals surface area contributed by atoms with E-state index in [2.05, 4.69) is 39.0 Å². The number of pyridine rings is 1. The summed E-state index contributed by atoms with van der Waals surface area (Å²) < 4.78 is 5.93. The van der Waals surface area contributed by atoms with Crippen LogP contribution >= 0.6 is 0 Å². The number of benzene rings is 1. The molecule has 2 fully saturated rings. The average Bonchev–Trinajstić information content (AvgIpc) is 2.83. The third-order valence-corrected chi connectivity index (χ3v) is 6.01. The third-order valence-electron chi connectivity index (χ3n) is 6.01. The normalized spacial score (nSPS) is 17.7. The molecule has 0 unspecified atom stereocenters. The number of piperazine rings is 1. The standard InChI is InChI=1S/C24H32N4O2/c29-24(21-6-4-11-25-20-21)28-17-15-27(16-18-28)22-7-9-23(10-8-22)30-19-5-14-26-12-2-1-3-13-26/h4,6-11,20H,1-3,5,12-19H2. The van der Waals surface area contributed by atoms with Crippen molar-refractivity contribution in [3.05, 3.63) is 54.4 Å². The summed E-state index contributed by atoms with van der Waals surface area (Å²) in [5.41, 5.74) is 1.84. The summed E-state index contributed by atoms with van der Waals surface area (Å²) in [4.78, 5) is 23.4. The molecule has 1 aromatic carbocycles. The number of hydrogen-bond donors (Lipinski definition) is 0. The van der Waals surface area contributed by atoms with Gasteiger partial charge in [-0.3, -0.25) is 9.78 Å². The number of likely N-dealkylation sites (tertiary alicyclic amines) is 1. The van der Waals surface area contributed by atoms with Gasteiger partial charge in [0.15, 0.2) is 0 Å². The van der Waals surface area contributed by atoms with Gasteiger partial charge in [-0.25, -0.2) is 0 Å². The Morgan fingerprint density at radius 1 is 0.933 bits per heavy atom. The average molecular weight is 409 g/mol. The summed E-state index contributed by atoms with van der Waals surface area (Å²) >= 11 is 0. The number of amides is 1. The van der Waals surface area contributed by atoms with Gasteiger partial charge in [-0.15, -0.1) is 0 Å². The highest BCUT2D eigenvalue weighted by atomic mass is 16.5. The van der Waals surface area contributed by atoms with Crippen molar-refractivity contribution in [3.63, 3.8) is 0 Å². The number of anilines is 1. The first kappa shape index (κ1) is 20.7. The topological polar surface area (TPSA) is 48.9 Å². The fraction of sp³-hybridized carbons (Fsp3) is 0.500. The minimum absolute atomic E-state index is 0.0658. The Labute approximate surface area is 179 Å². The maximum Gasteiger partial charge on any atom is 0.255 e. The highest BCUT2D eigenvalue weighted by Gasteiger charge is 2.22. The highest BCUT2D eigenvalue weighted by molar-refractivity contribution is 5.94. The Bertz CT molecular complexity index is 783. The predicted molar refractivity (Wildman–Crippen MR) is 119 cm³/mol. The van der Waals surface area contributed by atoms with Crippen molar-refractivity contribution in [3.8, 4) is 5.75 Å². The Balaban J connectivity index is 1.19. The molecule has 2 aliphatic rings. The second-order valence-corrected chi connectivity index (χ2v) is 8.12. The molecule has 1 amide bonds. The summed E-state index contributed by atoms with van der Waals surface area (Å²) in [6.07, 6.45) is 8.48. The molecule has 4 rings (SSSR count). The Morgan fingerprint density at radius 3 is 2.40 bits per heavy atom. The quantitative estimate of drug-likeness (QED) is 0.658. The van der Waals surface area contributed by atoms with E-state index in [1.54, 1.807) is 18.5 Å². The SMILES string of the molecule is O=C(c1cccnc1)N1CCN(c2ccc(OCCCN3CCCCC3)cc2)CC1. The minimum Gasteiger partial charge on any atom is -0.494 e. The first-order chi connectivity index (χ1) is 14.8. The lowest BCUT2D eigenvalue weighted by Gasteiger charge is -2.36. The number of hydrogen-bond acceptors (Lipinski definition) is 5. The maximum absolute atomic E-state index is 12.6. The van der Waals surface area contributed by atoms with E-state index in [0.717, 1.165) is 51.5 Å². The molecule has 6 heteroatoms. The van der Waals surface area contributed by atoms with Gasteiger partial charge >= 0.3 is 0 Å². The van der Waals surface area contributed by atoms with E-state index in [9.17, 15) is 4.79 Å². The maximum atomic E-state index is 12.6. The predicted octanol–water partition coefficient (Wildman–Crippen LogP) is 3.30. The Hall–Kier alpha value is -2.60. The van der Waals surface area contributed by atoms with Gasteiger partial charge in [0.1, 0.15) is 5.75 Å². The van der Waals surface area contributed by atoms with Gasteiger partial charge in [-0.1, -0.05) is 6.42 Å². The Kier molecular flexibility index (Phi) is 7.19. The first-order valence-corrected chi connectivity index (χ1v) is 11.2. The molecule has 0 radical (unpaired) electrons. The van der Waals surface area contributed by atoms with Crippen LogP contribution in [-0.4, -0.2) is 73.1 Å². The second kappa shape index (κ2) is 10.4. The molecule has 1 aromatic heterocycles.